The van der Waals surface area contributed by atoms with Crippen molar-refractivity contribution in [2.45, 2.75) is 25.7 Å². The van der Waals surface area contributed by atoms with Crippen molar-refractivity contribution >= 4 is 17.5 Å². The average molecular weight is 339 g/mol. The molecule has 4 rings (SSSR count). The molecule has 0 saturated carbocycles. The van der Waals surface area contributed by atoms with Crippen molar-refractivity contribution in [3.8, 4) is 11.1 Å². The van der Waals surface area contributed by atoms with Gasteiger partial charge in [-0.05, 0) is 53.6 Å². The van der Waals surface area contributed by atoms with Gasteiger partial charge in [-0.15, -0.1) is 0 Å². The minimum Gasteiger partial charge on any atom is -0.344 e. The van der Waals surface area contributed by atoms with E-state index in [-0.39, 0.29) is 0 Å². The van der Waals surface area contributed by atoms with Crippen LogP contribution in [0.3, 0.4) is 0 Å². The van der Waals surface area contributed by atoms with Gasteiger partial charge in [-0.1, -0.05) is 73.7 Å². The zero-order valence-corrected chi connectivity index (χ0v) is 15.5. The molecule has 1 nitrogen and oxygen atoms in total. The lowest BCUT2D eigenvalue weighted by Gasteiger charge is -2.24. The van der Waals surface area contributed by atoms with Crippen LogP contribution in [0.15, 0.2) is 78.9 Å². The Balaban J connectivity index is 1.68. The number of fused-ring (bicyclic) bond motifs is 1. The van der Waals surface area contributed by atoms with Crippen LogP contribution in [-0.4, -0.2) is 7.05 Å². The molecule has 0 fully saturated rings. The molecule has 1 atom stereocenters. The Hall–Kier alpha value is -2.80. The van der Waals surface area contributed by atoms with Crippen LogP contribution in [-0.2, 0) is 0 Å². The molecular weight excluding hydrogens is 314 g/mol. The molecule has 0 heterocycles. The highest BCUT2D eigenvalue weighted by Crippen LogP contribution is 2.37. The molecule has 0 bridgehead atoms. The highest BCUT2D eigenvalue weighted by molar-refractivity contribution is 5.77. The molecule has 1 aliphatic carbocycles. The van der Waals surface area contributed by atoms with E-state index in [0.29, 0.717) is 5.92 Å². The molecule has 0 aromatic heterocycles. The van der Waals surface area contributed by atoms with Crippen LogP contribution in [0.2, 0.25) is 0 Å². The predicted octanol–water partition coefficient (Wildman–Crippen LogP) is 7.03. The van der Waals surface area contributed by atoms with E-state index in [1.165, 1.54) is 40.0 Å². The van der Waals surface area contributed by atoms with Gasteiger partial charge < -0.3 is 4.90 Å². The fraction of sp³-hybridized carbons (Fsp3) is 0.200. The van der Waals surface area contributed by atoms with Crippen LogP contribution < -0.4 is 4.90 Å². The SMILES string of the molecule is CC1CCC=Cc2c1cccc2N(C)c1ccc(-c2ccccc2)cc1. The van der Waals surface area contributed by atoms with Gasteiger partial charge in [-0.25, -0.2) is 0 Å². The fourth-order valence-electron chi connectivity index (χ4n) is 3.82. The van der Waals surface area contributed by atoms with Crippen molar-refractivity contribution < 1.29 is 0 Å². The van der Waals surface area contributed by atoms with E-state index in [0.717, 1.165) is 6.42 Å². The molecule has 0 spiro atoms. The van der Waals surface area contributed by atoms with Gasteiger partial charge in [0.25, 0.3) is 0 Å². The van der Waals surface area contributed by atoms with E-state index in [1.54, 1.807) is 0 Å². The van der Waals surface area contributed by atoms with Crippen molar-refractivity contribution in [1.29, 1.82) is 0 Å². The zero-order valence-electron chi connectivity index (χ0n) is 15.5. The molecule has 1 aliphatic rings. The average Bonchev–Trinajstić information content (AvgIpc) is 2.90. The Labute approximate surface area is 156 Å². The first-order valence-corrected chi connectivity index (χ1v) is 9.43. The van der Waals surface area contributed by atoms with Crippen molar-refractivity contribution in [2.75, 3.05) is 11.9 Å². The molecule has 1 heteroatoms. The number of hydrogen-bond donors (Lipinski definition) is 0. The molecule has 26 heavy (non-hydrogen) atoms. The molecule has 130 valence electrons. The first-order valence-electron chi connectivity index (χ1n) is 9.43. The third-order valence-electron chi connectivity index (χ3n) is 5.42. The van der Waals surface area contributed by atoms with E-state index in [2.05, 4.69) is 104 Å². The first kappa shape index (κ1) is 16.7. The number of benzene rings is 3. The summed E-state index contributed by atoms with van der Waals surface area (Å²) in [6.45, 7) is 2.34. The van der Waals surface area contributed by atoms with Gasteiger partial charge in [-0.2, -0.15) is 0 Å². The molecule has 3 aromatic carbocycles. The maximum Gasteiger partial charge on any atom is 0.0484 e. The van der Waals surface area contributed by atoms with Crippen molar-refractivity contribution in [1.82, 2.24) is 0 Å². The molecule has 3 aromatic rings. The van der Waals surface area contributed by atoms with Gasteiger partial charge in [0, 0.05) is 24.0 Å². The summed E-state index contributed by atoms with van der Waals surface area (Å²) in [7, 11) is 2.16. The highest BCUT2D eigenvalue weighted by Gasteiger charge is 2.17. The van der Waals surface area contributed by atoms with Crippen LogP contribution in [0.1, 0.15) is 36.8 Å². The lowest BCUT2D eigenvalue weighted by molar-refractivity contribution is 0.696. The van der Waals surface area contributed by atoms with Gasteiger partial charge in [0.2, 0.25) is 0 Å². The molecular formula is C25H25N. The summed E-state index contributed by atoms with van der Waals surface area (Å²) in [5, 5.41) is 0. The Bertz CT molecular complexity index is 907. The highest BCUT2D eigenvalue weighted by atomic mass is 15.1. The Kier molecular flexibility index (Phi) is 4.62. The molecule has 0 amide bonds. The second-order valence-corrected chi connectivity index (χ2v) is 7.13. The minimum atomic E-state index is 0.605. The Morgan fingerprint density at radius 2 is 1.54 bits per heavy atom. The van der Waals surface area contributed by atoms with E-state index in [1.807, 2.05) is 0 Å². The summed E-state index contributed by atoms with van der Waals surface area (Å²) in [4.78, 5) is 2.30. The van der Waals surface area contributed by atoms with Crippen LogP contribution >= 0.6 is 0 Å². The maximum absolute atomic E-state index is 2.34. The smallest absolute Gasteiger partial charge is 0.0484 e. The zero-order chi connectivity index (χ0) is 17.9. The summed E-state index contributed by atoms with van der Waals surface area (Å²) in [6, 6.07) is 26.1. The summed E-state index contributed by atoms with van der Waals surface area (Å²) in [5.41, 5.74) is 7.83. The van der Waals surface area contributed by atoms with E-state index in [9.17, 15) is 0 Å². The fourth-order valence-corrected chi connectivity index (χ4v) is 3.82. The second-order valence-electron chi connectivity index (χ2n) is 7.13. The van der Waals surface area contributed by atoms with Crippen molar-refractivity contribution in [3.05, 3.63) is 90.0 Å². The lowest BCUT2D eigenvalue weighted by Crippen LogP contribution is -2.12. The summed E-state index contributed by atoms with van der Waals surface area (Å²) >= 11 is 0. The summed E-state index contributed by atoms with van der Waals surface area (Å²) in [6.07, 6.45) is 7.01. The number of allylic oxidation sites excluding steroid dienone is 1. The van der Waals surface area contributed by atoms with Crippen LogP contribution in [0.4, 0.5) is 11.4 Å². The van der Waals surface area contributed by atoms with Crippen LogP contribution in [0.25, 0.3) is 17.2 Å². The topological polar surface area (TPSA) is 3.24 Å². The number of hydrogen-bond acceptors (Lipinski definition) is 1. The molecule has 0 aliphatic heterocycles. The van der Waals surface area contributed by atoms with Gasteiger partial charge in [0.1, 0.15) is 0 Å². The molecule has 0 N–H and O–H groups in total. The van der Waals surface area contributed by atoms with E-state index in [4.69, 9.17) is 0 Å². The van der Waals surface area contributed by atoms with Crippen molar-refractivity contribution in [3.63, 3.8) is 0 Å². The second kappa shape index (κ2) is 7.21. The van der Waals surface area contributed by atoms with Crippen LogP contribution in [0, 0.1) is 0 Å². The minimum absolute atomic E-state index is 0.605. The quantitative estimate of drug-likeness (QED) is 0.495. The monoisotopic (exact) mass is 339 g/mol. The third-order valence-corrected chi connectivity index (χ3v) is 5.42. The van der Waals surface area contributed by atoms with Gasteiger partial charge in [-0.3, -0.25) is 0 Å². The third kappa shape index (κ3) is 3.17. The van der Waals surface area contributed by atoms with Crippen LogP contribution in [0.5, 0.6) is 0 Å². The normalized spacial score (nSPS) is 16.0. The summed E-state index contributed by atoms with van der Waals surface area (Å²) in [5.74, 6) is 0.605. The van der Waals surface area contributed by atoms with Crippen molar-refractivity contribution in [2.24, 2.45) is 0 Å². The number of rotatable bonds is 3. The molecule has 0 saturated heterocycles. The standard InChI is InChI=1S/C25H25N/c1-19-9-6-7-12-24-23(19)13-8-14-25(24)26(2)22-17-15-21(16-18-22)20-10-4-3-5-11-20/h3-5,7-8,10-19H,6,9H2,1-2H3. The number of nitrogens with zero attached hydrogens (tertiary/aromatic N) is 1. The van der Waals surface area contributed by atoms with E-state index < -0.39 is 0 Å². The van der Waals surface area contributed by atoms with Gasteiger partial charge >= 0.3 is 0 Å². The lowest BCUT2D eigenvalue weighted by atomic mass is 9.93. The predicted molar refractivity (Wildman–Crippen MR) is 113 cm³/mol. The largest absolute Gasteiger partial charge is 0.344 e. The van der Waals surface area contributed by atoms with Gasteiger partial charge in [0.05, 0.1) is 0 Å². The molecule has 1 unspecified atom stereocenters. The molecule has 0 radical (unpaired) electrons. The Morgan fingerprint density at radius 3 is 2.31 bits per heavy atom. The Morgan fingerprint density at radius 1 is 0.808 bits per heavy atom. The summed E-state index contributed by atoms with van der Waals surface area (Å²) < 4.78 is 0. The maximum atomic E-state index is 2.34. The van der Waals surface area contributed by atoms with E-state index >= 15 is 0 Å². The number of anilines is 2. The first-order chi connectivity index (χ1) is 12.7. The van der Waals surface area contributed by atoms with Gasteiger partial charge in [0.15, 0.2) is 0 Å².